The number of phosphoric acid groups is 1. The molecule has 94 valence electrons. The van der Waals surface area contributed by atoms with E-state index in [9.17, 15) is 4.57 Å². The summed E-state index contributed by atoms with van der Waals surface area (Å²) in [6.07, 6.45) is 5.94. The molecule has 1 aliphatic rings. The van der Waals surface area contributed by atoms with Crippen LogP contribution in [0.3, 0.4) is 0 Å². The second kappa shape index (κ2) is 6.87. The minimum absolute atomic E-state index is 0.0814. The Morgan fingerprint density at radius 3 is 2.44 bits per heavy atom. The highest BCUT2D eigenvalue weighted by molar-refractivity contribution is 7.48. The fourth-order valence-corrected chi connectivity index (χ4v) is 2.81. The first-order chi connectivity index (χ1) is 7.56. The molecular formula is C9H15Cl2O4P. The maximum absolute atomic E-state index is 11.9. The smallest absolute Gasteiger partial charge is 0.409 e. The minimum Gasteiger partial charge on any atom is -0.409 e. The first kappa shape index (κ1) is 14.3. The van der Waals surface area contributed by atoms with E-state index in [1.54, 1.807) is 0 Å². The van der Waals surface area contributed by atoms with Crippen LogP contribution in [-0.4, -0.2) is 13.2 Å². The molecule has 0 amide bonds. The molecule has 0 aromatic rings. The van der Waals surface area contributed by atoms with E-state index in [0.717, 1.165) is 31.9 Å². The Kier molecular flexibility index (Phi) is 6.16. The fourth-order valence-electron chi connectivity index (χ4n) is 1.57. The average molecular weight is 289 g/mol. The molecule has 0 N–H and O–H groups in total. The largest absolute Gasteiger partial charge is 0.529 e. The van der Waals surface area contributed by atoms with Gasteiger partial charge in [-0.3, -0.25) is 9.05 Å². The fraction of sp³-hybridized carbons (Fsp3) is 0.778. The predicted molar refractivity (Wildman–Crippen MR) is 63.4 cm³/mol. The van der Waals surface area contributed by atoms with E-state index in [1.165, 1.54) is 13.5 Å². The third-order valence-electron chi connectivity index (χ3n) is 2.32. The van der Waals surface area contributed by atoms with Crippen LogP contribution < -0.4 is 0 Å². The van der Waals surface area contributed by atoms with E-state index in [4.69, 9.17) is 36.8 Å². The van der Waals surface area contributed by atoms with Crippen LogP contribution >= 0.6 is 31.0 Å². The monoisotopic (exact) mass is 288 g/mol. The topological polar surface area (TPSA) is 44.8 Å². The normalized spacial score (nSPS) is 21.2. The molecule has 1 atom stereocenters. The van der Waals surface area contributed by atoms with Gasteiger partial charge in [0.1, 0.15) is 10.8 Å². The molecule has 1 unspecified atom stereocenters. The highest BCUT2D eigenvalue weighted by atomic mass is 35.5. The van der Waals surface area contributed by atoms with Crippen molar-refractivity contribution in [1.82, 2.24) is 0 Å². The maximum atomic E-state index is 11.9. The molecule has 0 aromatic heterocycles. The third-order valence-corrected chi connectivity index (χ3v) is 3.87. The highest BCUT2D eigenvalue weighted by Crippen LogP contribution is 2.51. The summed E-state index contributed by atoms with van der Waals surface area (Å²) in [6.45, 7) is 0. The lowest BCUT2D eigenvalue weighted by atomic mass is 9.98. The molecule has 16 heavy (non-hydrogen) atoms. The van der Waals surface area contributed by atoms with E-state index in [-0.39, 0.29) is 10.6 Å². The van der Waals surface area contributed by atoms with E-state index in [1.807, 2.05) is 0 Å². The third kappa shape index (κ3) is 5.07. The number of phosphoric ester groups is 1. The summed E-state index contributed by atoms with van der Waals surface area (Å²) < 4.78 is 26.7. The van der Waals surface area contributed by atoms with Crippen molar-refractivity contribution in [1.29, 1.82) is 0 Å². The van der Waals surface area contributed by atoms with Crippen LogP contribution in [0, 0.1) is 0 Å². The molecule has 0 bridgehead atoms. The van der Waals surface area contributed by atoms with E-state index in [2.05, 4.69) is 0 Å². The highest BCUT2D eigenvalue weighted by Gasteiger charge is 2.30. The zero-order valence-corrected chi connectivity index (χ0v) is 11.4. The Labute approximate surface area is 105 Å². The van der Waals surface area contributed by atoms with E-state index >= 15 is 0 Å². The second-order valence-electron chi connectivity index (χ2n) is 3.51. The molecule has 0 spiro atoms. The molecule has 0 heterocycles. The number of halogens is 2. The van der Waals surface area contributed by atoms with Gasteiger partial charge in [0, 0.05) is 7.11 Å². The molecule has 0 aromatic carbocycles. The van der Waals surface area contributed by atoms with Crippen LogP contribution in [0.1, 0.15) is 32.1 Å². The molecule has 7 heteroatoms. The summed E-state index contributed by atoms with van der Waals surface area (Å²) in [7, 11) is -2.30. The van der Waals surface area contributed by atoms with E-state index < -0.39 is 7.82 Å². The van der Waals surface area contributed by atoms with Crippen LogP contribution in [0.4, 0.5) is 0 Å². The van der Waals surface area contributed by atoms with E-state index in [0.29, 0.717) is 0 Å². The van der Waals surface area contributed by atoms with Gasteiger partial charge in [-0.1, -0.05) is 42.5 Å². The molecule has 0 aliphatic heterocycles. The van der Waals surface area contributed by atoms with Gasteiger partial charge in [-0.05, 0) is 12.8 Å². The van der Waals surface area contributed by atoms with Gasteiger partial charge in [0.15, 0.2) is 0 Å². The number of hydrogen-bond donors (Lipinski definition) is 0. The summed E-state index contributed by atoms with van der Waals surface area (Å²) in [4.78, 5) is 0. The van der Waals surface area contributed by atoms with Crippen molar-refractivity contribution in [2.75, 3.05) is 7.11 Å². The molecule has 1 rings (SSSR count). The minimum atomic E-state index is -3.57. The van der Waals surface area contributed by atoms with Crippen molar-refractivity contribution in [2.45, 2.75) is 38.2 Å². The maximum Gasteiger partial charge on any atom is 0.529 e. The number of rotatable bonds is 5. The van der Waals surface area contributed by atoms with Gasteiger partial charge < -0.3 is 4.52 Å². The van der Waals surface area contributed by atoms with Crippen LogP contribution in [0.15, 0.2) is 10.8 Å². The van der Waals surface area contributed by atoms with Crippen molar-refractivity contribution in [3.63, 3.8) is 0 Å². The van der Waals surface area contributed by atoms with Crippen molar-refractivity contribution < 1.29 is 18.1 Å². The van der Waals surface area contributed by atoms with Gasteiger partial charge in [0.25, 0.3) is 0 Å². The van der Waals surface area contributed by atoms with Crippen LogP contribution in [0.5, 0.6) is 0 Å². The zero-order valence-electron chi connectivity index (χ0n) is 9.03. The van der Waals surface area contributed by atoms with Crippen LogP contribution in [-0.2, 0) is 18.1 Å². The Balaban J connectivity index is 2.51. The van der Waals surface area contributed by atoms with Gasteiger partial charge in [0.2, 0.25) is 0 Å². The van der Waals surface area contributed by atoms with Crippen molar-refractivity contribution in [3.05, 3.63) is 10.8 Å². The molecule has 0 radical (unpaired) electrons. The SMILES string of the molecule is COP(=O)(OC=C(Cl)Cl)OC1CCCCC1. The first-order valence-electron chi connectivity index (χ1n) is 5.09. The molecule has 4 nitrogen and oxygen atoms in total. The molecule has 1 saturated carbocycles. The van der Waals surface area contributed by atoms with Gasteiger partial charge >= 0.3 is 7.82 Å². The lowest BCUT2D eigenvalue weighted by Crippen LogP contribution is -2.15. The van der Waals surface area contributed by atoms with Crippen molar-refractivity contribution >= 4 is 31.0 Å². The Bertz CT molecular complexity index is 285. The van der Waals surface area contributed by atoms with Crippen LogP contribution in [0.25, 0.3) is 0 Å². The molecular weight excluding hydrogens is 274 g/mol. The summed E-state index contributed by atoms with van der Waals surface area (Å²) in [5, 5.41) is 0. The summed E-state index contributed by atoms with van der Waals surface area (Å²) in [6, 6.07) is 0. The summed E-state index contributed by atoms with van der Waals surface area (Å²) in [5.41, 5.74) is 0. The number of hydrogen-bond acceptors (Lipinski definition) is 4. The summed E-state index contributed by atoms with van der Waals surface area (Å²) >= 11 is 10.7. The first-order valence-corrected chi connectivity index (χ1v) is 7.31. The zero-order chi connectivity index (χ0) is 12.0. The van der Waals surface area contributed by atoms with Crippen molar-refractivity contribution in [3.8, 4) is 0 Å². The Morgan fingerprint density at radius 2 is 1.94 bits per heavy atom. The van der Waals surface area contributed by atoms with Gasteiger partial charge in [-0.15, -0.1) is 0 Å². The second-order valence-corrected chi connectivity index (χ2v) is 6.20. The average Bonchev–Trinajstić information content (AvgIpc) is 2.28. The molecule has 1 aliphatic carbocycles. The molecule has 1 fully saturated rings. The predicted octanol–water partition coefficient (Wildman–Crippen LogP) is 4.38. The lowest BCUT2D eigenvalue weighted by molar-refractivity contribution is 0.0897. The Morgan fingerprint density at radius 1 is 1.31 bits per heavy atom. The van der Waals surface area contributed by atoms with Crippen LogP contribution in [0.2, 0.25) is 0 Å². The standard InChI is InChI=1S/C9H15Cl2O4P/c1-13-16(12,14-7-9(10)11)15-8-5-3-2-4-6-8/h7-8H,2-6H2,1H3. The van der Waals surface area contributed by atoms with Gasteiger partial charge in [0.05, 0.1) is 6.10 Å². The van der Waals surface area contributed by atoms with Crippen molar-refractivity contribution in [2.24, 2.45) is 0 Å². The quantitative estimate of drug-likeness (QED) is 0.556. The van der Waals surface area contributed by atoms with Gasteiger partial charge in [-0.25, -0.2) is 4.57 Å². The lowest BCUT2D eigenvalue weighted by Gasteiger charge is -2.24. The molecule has 0 saturated heterocycles. The van der Waals surface area contributed by atoms with Gasteiger partial charge in [-0.2, -0.15) is 0 Å². The Hall–Kier alpha value is 0.270. The summed E-state index contributed by atoms with van der Waals surface area (Å²) in [5.74, 6) is 0.